The SMILES string of the molecule is CC1CCC(NS(=O)(=O)C2CCCCC2)(/C(N)=N/O)CC1. The van der Waals surface area contributed by atoms with Gasteiger partial charge >= 0.3 is 0 Å². The monoisotopic (exact) mass is 317 g/mol. The van der Waals surface area contributed by atoms with Gasteiger partial charge in [0.1, 0.15) is 0 Å². The van der Waals surface area contributed by atoms with Crippen molar-refractivity contribution in [2.45, 2.75) is 75.5 Å². The lowest BCUT2D eigenvalue weighted by molar-refractivity contribution is 0.265. The Kier molecular flexibility index (Phi) is 5.14. The molecule has 0 aromatic carbocycles. The summed E-state index contributed by atoms with van der Waals surface area (Å²) in [5.41, 5.74) is 4.93. The molecule has 0 atom stereocenters. The second-order valence-corrected chi connectivity index (χ2v) is 8.62. The largest absolute Gasteiger partial charge is 0.409 e. The highest BCUT2D eigenvalue weighted by Crippen LogP contribution is 2.34. The van der Waals surface area contributed by atoms with E-state index in [1.807, 2.05) is 0 Å². The second-order valence-electron chi connectivity index (χ2n) is 6.66. The van der Waals surface area contributed by atoms with Crippen molar-refractivity contribution < 1.29 is 13.6 Å². The molecule has 2 fully saturated rings. The lowest BCUT2D eigenvalue weighted by atomic mass is 9.77. The maximum absolute atomic E-state index is 12.7. The number of nitrogens with two attached hydrogens (primary N) is 1. The minimum atomic E-state index is -3.44. The van der Waals surface area contributed by atoms with Crippen LogP contribution < -0.4 is 10.5 Å². The first-order valence-corrected chi connectivity index (χ1v) is 9.45. The topological polar surface area (TPSA) is 105 Å². The smallest absolute Gasteiger partial charge is 0.215 e. The molecule has 21 heavy (non-hydrogen) atoms. The molecule has 0 aliphatic heterocycles. The summed E-state index contributed by atoms with van der Waals surface area (Å²) in [6.07, 6.45) is 7.38. The van der Waals surface area contributed by atoms with Gasteiger partial charge in [-0.2, -0.15) is 0 Å². The Labute approximate surface area is 127 Å². The van der Waals surface area contributed by atoms with E-state index in [0.29, 0.717) is 31.6 Å². The zero-order chi connectivity index (χ0) is 15.5. The quantitative estimate of drug-likeness (QED) is 0.319. The van der Waals surface area contributed by atoms with E-state index in [-0.39, 0.29) is 11.1 Å². The molecule has 0 amide bonds. The summed E-state index contributed by atoms with van der Waals surface area (Å²) in [5.74, 6) is 0.539. The van der Waals surface area contributed by atoms with Crippen LogP contribution in [0.25, 0.3) is 0 Å². The van der Waals surface area contributed by atoms with Gasteiger partial charge in [0.2, 0.25) is 10.0 Å². The number of sulfonamides is 1. The van der Waals surface area contributed by atoms with E-state index in [4.69, 9.17) is 10.9 Å². The van der Waals surface area contributed by atoms with E-state index in [2.05, 4.69) is 16.8 Å². The van der Waals surface area contributed by atoms with E-state index >= 15 is 0 Å². The Hall–Kier alpha value is -0.820. The van der Waals surface area contributed by atoms with E-state index in [1.54, 1.807) is 0 Å². The maximum atomic E-state index is 12.7. The molecule has 0 saturated heterocycles. The standard InChI is InChI=1S/C14H27N3O3S/c1-11-7-9-14(10-8-11,13(15)16-18)17-21(19,20)12-5-3-2-4-6-12/h11-12,17-18H,2-10H2,1H3,(H2,15,16). The number of nitrogens with one attached hydrogen (secondary N) is 1. The van der Waals surface area contributed by atoms with Crippen LogP contribution in [0.15, 0.2) is 5.16 Å². The van der Waals surface area contributed by atoms with Crippen molar-refractivity contribution in [3.63, 3.8) is 0 Å². The molecular formula is C14H27N3O3S. The van der Waals surface area contributed by atoms with Crippen LogP contribution in [0.4, 0.5) is 0 Å². The highest BCUT2D eigenvalue weighted by molar-refractivity contribution is 7.90. The molecule has 6 nitrogen and oxygen atoms in total. The number of oxime groups is 1. The zero-order valence-electron chi connectivity index (χ0n) is 12.7. The average molecular weight is 317 g/mol. The van der Waals surface area contributed by atoms with Gasteiger partial charge in [0.25, 0.3) is 0 Å². The van der Waals surface area contributed by atoms with Gasteiger partial charge in [-0.1, -0.05) is 31.3 Å². The summed E-state index contributed by atoms with van der Waals surface area (Å²) in [4.78, 5) is 0. The Morgan fingerprint density at radius 1 is 1.19 bits per heavy atom. The van der Waals surface area contributed by atoms with Crippen molar-refractivity contribution in [1.82, 2.24) is 4.72 Å². The van der Waals surface area contributed by atoms with Crippen LogP contribution in [-0.4, -0.2) is 30.2 Å². The van der Waals surface area contributed by atoms with Crippen LogP contribution in [0.2, 0.25) is 0 Å². The van der Waals surface area contributed by atoms with Crippen molar-refractivity contribution in [3.05, 3.63) is 0 Å². The molecule has 2 rings (SSSR count). The summed E-state index contributed by atoms with van der Waals surface area (Å²) < 4.78 is 28.1. The van der Waals surface area contributed by atoms with Gasteiger partial charge in [0, 0.05) is 0 Å². The molecule has 2 saturated carbocycles. The summed E-state index contributed by atoms with van der Waals surface area (Å²) in [7, 11) is -3.44. The zero-order valence-corrected chi connectivity index (χ0v) is 13.5. The fourth-order valence-corrected chi connectivity index (χ4v) is 5.47. The number of hydrogen-bond acceptors (Lipinski definition) is 4. The molecule has 7 heteroatoms. The molecule has 2 aliphatic rings. The molecule has 2 aliphatic carbocycles. The van der Waals surface area contributed by atoms with Crippen molar-refractivity contribution in [2.75, 3.05) is 0 Å². The van der Waals surface area contributed by atoms with Crippen molar-refractivity contribution in [2.24, 2.45) is 16.8 Å². The van der Waals surface area contributed by atoms with Crippen molar-refractivity contribution in [3.8, 4) is 0 Å². The minimum Gasteiger partial charge on any atom is -0.409 e. The van der Waals surface area contributed by atoms with Crippen LogP contribution in [-0.2, 0) is 10.0 Å². The number of amidine groups is 1. The van der Waals surface area contributed by atoms with Crippen LogP contribution >= 0.6 is 0 Å². The third kappa shape index (κ3) is 3.69. The minimum absolute atomic E-state index is 0.00576. The molecule has 122 valence electrons. The molecule has 0 heterocycles. The first-order valence-electron chi connectivity index (χ1n) is 7.90. The molecular weight excluding hydrogens is 290 g/mol. The fraction of sp³-hybridized carbons (Fsp3) is 0.929. The van der Waals surface area contributed by atoms with Crippen LogP contribution in [0, 0.1) is 5.92 Å². The summed E-state index contributed by atoms with van der Waals surface area (Å²) in [5, 5.41) is 11.8. The summed E-state index contributed by atoms with van der Waals surface area (Å²) in [6.45, 7) is 2.14. The Morgan fingerprint density at radius 3 is 2.29 bits per heavy atom. The van der Waals surface area contributed by atoms with Gasteiger partial charge in [-0.3, -0.25) is 0 Å². The van der Waals surface area contributed by atoms with E-state index in [0.717, 1.165) is 32.1 Å². The molecule has 0 spiro atoms. The second kappa shape index (κ2) is 6.52. The predicted molar refractivity (Wildman–Crippen MR) is 82.7 cm³/mol. The van der Waals surface area contributed by atoms with E-state index in [9.17, 15) is 8.42 Å². The lowest BCUT2D eigenvalue weighted by Gasteiger charge is -2.39. The number of rotatable bonds is 4. The Bertz CT molecular complexity index is 476. The van der Waals surface area contributed by atoms with Gasteiger partial charge in [-0.25, -0.2) is 13.1 Å². The Balaban J connectivity index is 2.18. The van der Waals surface area contributed by atoms with E-state index < -0.39 is 15.6 Å². The molecule has 0 unspecified atom stereocenters. The molecule has 0 bridgehead atoms. The highest BCUT2D eigenvalue weighted by atomic mass is 32.2. The Morgan fingerprint density at radius 2 is 1.76 bits per heavy atom. The third-order valence-electron chi connectivity index (χ3n) is 5.05. The predicted octanol–water partition coefficient (Wildman–Crippen LogP) is 1.93. The maximum Gasteiger partial charge on any atom is 0.215 e. The third-order valence-corrected chi connectivity index (χ3v) is 7.08. The van der Waals surface area contributed by atoms with Gasteiger partial charge in [0.15, 0.2) is 5.84 Å². The number of hydrogen-bond donors (Lipinski definition) is 3. The molecule has 0 aromatic rings. The van der Waals surface area contributed by atoms with Crippen LogP contribution in [0.1, 0.15) is 64.7 Å². The number of nitrogens with zero attached hydrogens (tertiary/aromatic N) is 1. The summed E-state index contributed by atoms with van der Waals surface area (Å²) >= 11 is 0. The first-order chi connectivity index (χ1) is 9.89. The summed E-state index contributed by atoms with van der Waals surface area (Å²) in [6, 6.07) is 0. The molecule has 0 aromatic heterocycles. The van der Waals surface area contributed by atoms with Gasteiger partial charge < -0.3 is 10.9 Å². The fourth-order valence-electron chi connectivity index (χ4n) is 3.49. The van der Waals surface area contributed by atoms with Crippen molar-refractivity contribution in [1.29, 1.82) is 0 Å². The van der Waals surface area contributed by atoms with Crippen molar-refractivity contribution >= 4 is 15.9 Å². The molecule has 0 radical (unpaired) electrons. The van der Waals surface area contributed by atoms with E-state index in [1.165, 1.54) is 0 Å². The van der Waals surface area contributed by atoms with Crippen LogP contribution in [0.5, 0.6) is 0 Å². The highest BCUT2D eigenvalue weighted by Gasteiger charge is 2.43. The van der Waals surface area contributed by atoms with Crippen LogP contribution in [0.3, 0.4) is 0 Å². The average Bonchev–Trinajstić information content (AvgIpc) is 2.49. The lowest BCUT2D eigenvalue weighted by Crippen LogP contribution is -2.60. The van der Waals surface area contributed by atoms with Gasteiger partial charge in [-0.05, 0) is 44.4 Å². The van der Waals surface area contributed by atoms with Gasteiger partial charge in [-0.15, -0.1) is 0 Å². The normalized spacial score (nSPS) is 33.0. The molecule has 4 N–H and O–H groups in total. The first kappa shape index (κ1) is 16.5. The van der Waals surface area contributed by atoms with Gasteiger partial charge in [0.05, 0.1) is 10.8 Å².